The molecule has 0 saturated heterocycles. The lowest BCUT2D eigenvalue weighted by Crippen LogP contribution is -2.03. The van der Waals surface area contributed by atoms with Crippen LogP contribution in [0.5, 0.6) is 0 Å². The molecule has 0 heterocycles. The Morgan fingerprint density at radius 1 is 1.11 bits per heavy atom. The molecule has 0 amide bonds. The van der Waals surface area contributed by atoms with Crippen molar-refractivity contribution in [3.63, 3.8) is 0 Å². The summed E-state index contributed by atoms with van der Waals surface area (Å²) >= 11 is 9.59. The zero-order valence-corrected chi connectivity index (χ0v) is 12.6. The Morgan fingerprint density at radius 2 is 1.83 bits per heavy atom. The SMILES string of the molecule is Cc1ccc(C(O)c2cccc(Br)c2Cl)c(C)c1. The quantitative estimate of drug-likeness (QED) is 0.841. The van der Waals surface area contributed by atoms with Crippen LogP contribution >= 0.6 is 27.5 Å². The van der Waals surface area contributed by atoms with Gasteiger partial charge in [-0.3, -0.25) is 0 Å². The molecule has 2 aromatic carbocycles. The monoisotopic (exact) mass is 324 g/mol. The van der Waals surface area contributed by atoms with Crippen LogP contribution in [0.15, 0.2) is 40.9 Å². The molecule has 18 heavy (non-hydrogen) atoms. The van der Waals surface area contributed by atoms with Crippen LogP contribution in [0.1, 0.15) is 28.4 Å². The smallest absolute Gasteiger partial charge is 0.106 e. The van der Waals surface area contributed by atoms with Gasteiger partial charge in [-0.15, -0.1) is 0 Å². The van der Waals surface area contributed by atoms with Crippen LogP contribution in [0.3, 0.4) is 0 Å². The third-order valence-electron chi connectivity index (χ3n) is 3.00. The predicted molar refractivity (Wildman–Crippen MR) is 79.1 cm³/mol. The number of halogens is 2. The molecule has 0 aromatic heterocycles. The average Bonchev–Trinajstić information content (AvgIpc) is 2.32. The summed E-state index contributed by atoms with van der Waals surface area (Å²) in [6.45, 7) is 4.03. The van der Waals surface area contributed by atoms with Crippen molar-refractivity contribution >= 4 is 27.5 Å². The van der Waals surface area contributed by atoms with E-state index in [2.05, 4.69) is 22.0 Å². The molecule has 0 radical (unpaired) electrons. The van der Waals surface area contributed by atoms with Crippen molar-refractivity contribution < 1.29 is 5.11 Å². The van der Waals surface area contributed by atoms with Crippen molar-refractivity contribution in [3.8, 4) is 0 Å². The molecule has 94 valence electrons. The molecule has 1 atom stereocenters. The van der Waals surface area contributed by atoms with Crippen molar-refractivity contribution in [2.45, 2.75) is 20.0 Å². The van der Waals surface area contributed by atoms with Gasteiger partial charge >= 0.3 is 0 Å². The number of hydrogen-bond acceptors (Lipinski definition) is 1. The third kappa shape index (κ3) is 2.61. The molecule has 0 aliphatic heterocycles. The van der Waals surface area contributed by atoms with Crippen molar-refractivity contribution in [3.05, 3.63) is 68.1 Å². The number of aliphatic hydroxyl groups is 1. The van der Waals surface area contributed by atoms with Crippen LogP contribution in [0.25, 0.3) is 0 Å². The van der Waals surface area contributed by atoms with E-state index in [1.54, 1.807) is 0 Å². The Balaban J connectivity index is 2.48. The molecular formula is C15H14BrClO. The van der Waals surface area contributed by atoms with Gasteiger partial charge in [0.1, 0.15) is 6.10 Å². The van der Waals surface area contributed by atoms with E-state index < -0.39 is 6.10 Å². The van der Waals surface area contributed by atoms with E-state index in [0.29, 0.717) is 5.02 Å². The van der Waals surface area contributed by atoms with Gasteiger partial charge in [-0.2, -0.15) is 0 Å². The highest BCUT2D eigenvalue weighted by Gasteiger charge is 2.17. The summed E-state index contributed by atoms with van der Waals surface area (Å²) in [6.07, 6.45) is -0.699. The standard InChI is InChI=1S/C15H14BrClO/c1-9-6-7-11(10(2)8-9)15(18)12-4-3-5-13(16)14(12)17/h3-8,15,18H,1-2H3. The maximum atomic E-state index is 10.5. The molecule has 0 fully saturated rings. The molecule has 1 nitrogen and oxygen atoms in total. The number of aryl methyl sites for hydroxylation is 2. The Labute approximate surface area is 121 Å². The highest BCUT2D eigenvalue weighted by atomic mass is 79.9. The van der Waals surface area contributed by atoms with Gasteiger partial charge < -0.3 is 5.11 Å². The van der Waals surface area contributed by atoms with Crippen LogP contribution in [-0.4, -0.2) is 5.11 Å². The van der Waals surface area contributed by atoms with Crippen LogP contribution in [0.4, 0.5) is 0 Å². The first-order valence-electron chi connectivity index (χ1n) is 5.70. The van der Waals surface area contributed by atoms with Gasteiger partial charge in [-0.25, -0.2) is 0 Å². The summed E-state index contributed by atoms with van der Waals surface area (Å²) < 4.78 is 0.797. The first-order valence-corrected chi connectivity index (χ1v) is 6.87. The highest BCUT2D eigenvalue weighted by molar-refractivity contribution is 9.10. The Bertz CT molecular complexity index is 581. The minimum Gasteiger partial charge on any atom is -0.384 e. The third-order valence-corrected chi connectivity index (χ3v) is 4.31. The van der Waals surface area contributed by atoms with E-state index in [1.807, 2.05) is 44.2 Å². The second kappa shape index (κ2) is 5.43. The van der Waals surface area contributed by atoms with Crippen molar-refractivity contribution in [2.24, 2.45) is 0 Å². The normalized spacial score (nSPS) is 12.5. The molecule has 0 bridgehead atoms. The summed E-state index contributed by atoms with van der Waals surface area (Å²) in [6, 6.07) is 11.6. The fourth-order valence-electron chi connectivity index (χ4n) is 2.03. The van der Waals surface area contributed by atoms with Crippen LogP contribution < -0.4 is 0 Å². The Morgan fingerprint density at radius 3 is 2.50 bits per heavy atom. The van der Waals surface area contributed by atoms with Crippen LogP contribution in [0.2, 0.25) is 5.02 Å². The first kappa shape index (κ1) is 13.6. The molecule has 2 rings (SSSR count). The molecule has 0 spiro atoms. The number of aliphatic hydroxyl groups excluding tert-OH is 1. The van der Waals surface area contributed by atoms with Crippen LogP contribution in [-0.2, 0) is 0 Å². The average molecular weight is 326 g/mol. The van der Waals surface area contributed by atoms with Gasteiger partial charge in [0, 0.05) is 10.0 Å². The first-order chi connectivity index (χ1) is 8.50. The number of benzene rings is 2. The van der Waals surface area contributed by atoms with E-state index >= 15 is 0 Å². The van der Waals surface area contributed by atoms with Gasteiger partial charge in [0.25, 0.3) is 0 Å². The van der Waals surface area contributed by atoms with E-state index in [9.17, 15) is 5.11 Å². The Kier molecular flexibility index (Phi) is 4.10. The number of rotatable bonds is 2. The minimum atomic E-state index is -0.699. The minimum absolute atomic E-state index is 0.560. The summed E-state index contributed by atoms with van der Waals surface area (Å²) in [4.78, 5) is 0. The zero-order chi connectivity index (χ0) is 13.3. The molecular weight excluding hydrogens is 312 g/mol. The van der Waals surface area contributed by atoms with Crippen molar-refractivity contribution in [1.29, 1.82) is 0 Å². The van der Waals surface area contributed by atoms with Gasteiger partial charge in [0.15, 0.2) is 0 Å². The van der Waals surface area contributed by atoms with Crippen molar-refractivity contribution in [1.82, 2.24) is 0 Å². The largest absolute Gasteiger partial charge is 0.384 e. The fraction of sp³-hybridized carbons (Fsp3) is 0.200. The lowest BCUT2D eigenvalue weighted by molar-refractivity contribution is 0.219. The van der Waals surface area contributed by atoms with Gasteiger partial charge in [0.2, 0.25) is 0 Å². The van der Waals surface area contributed by atoms with Gasteiger partial charge in [-0.05, 0) is 47.0 Å². The Hall–Kier alpha value is -0.830. The molecule has 3 heteroatoms. The van der Waals surface area contributed by atoms with Gasteiger partial charge in [-0.1, -0.05) is 47.5 Å². The second-order valence-electron chi connectivity index (χ2n) is 4.41. The molecule has 0 aliphatic carbocycles. The van der Waals surface area contributed by atoms with Crippen LogP contribution in [0, 0.1) is 13.8 Å². The number of hydrogen-bond donors (Lipinski definition) is 1. The summed E-state index contributed by atoms with van der Waals surface area (Å²) in [7, 11) is 0. The molecule has 1 unspecified atom stereocenters. The predicted octanol–water partition coefficient (Wildman–Crippen LogP) is 4.80. The molecule has 1 N–H and O–H groups in total. The van der Waals surface area contributed by atoms with Gasteiger partial charge in [0.05, 0.1) is 5.02 Å². The fourth-order valence-corrected chi connectivity index (χ4v) is 2.64. The molecule has 0 aliphatic rings. The molecule has 2 aromatic rings. The van der Waals surface area contributed by atoms with Crippen molar-refractivity contribution in [2.75, 3.05) is 0 Å². The maximum absolute atomic E-state index is 10.5. The topological polar surface area (TPSA) is 20.2 Å². The van der Waals surface area contributed by atoms with E-state index in [0.717, 1.165) is 21.2 Å². The van der Waals surface area contributed by atoms with E-state index in [1.165, 1.54) is 5.56 Å². The summed E-state index contributed by atoms with van der Waals surface area (Å²) in [5.41, 5.74) is 3.86. The lowest BCUT2D eigenvalue weighted by Gasteiger charge is -2.16. The lowest BCUT2D eigenvalue weighted by atomic mass is 9.96. The summed E-state index contributed by atoms with van der Waals surface area (Å²) in [5.74, 6) is 0. The zero-order valence-electron chi connectivity index (χ0n) is 10.2. The molecule has 0 saturated carbocycles. The maximum Gasteiger partial charge on any atom is 0.106 e. The van der Waals surface area contributed by atoms with E-state index in [4.69, 9.17) is 11.6 Å². The second-order valence-corrected chi connectivity index (χ2v) is 5.64. The highest BCUT2D eigenvalue weighted by Crippen LogP contribution is 2.34. The van der Waals surface area contributed by atoms with E-state index in [-0.39, 0.29) is 0 Å². The summed E-state index contributed by atoms with van der Waals surface area (Å²) in [5, 5.41) is 11.0.